The zero-order valence-electron chi connectivity index (χ0n) is 11.5. The Bertz CT molecular complexity index is 726. The molecule has 8 nitrogen and oxygen atoms in total. The molecule has 8 heteroatoms. The van der Waals surface area contributed by atoms with Crippen LogP contribution in [0.2, 0.25) is 0 Å². The van der Waals surface area contributed by atoms with Crippen LogP contribution >= 0.6 is 0 Å². The van der Waals surface area contributed by atoms with Crippen LogP contribution in [0.4, 0.5) is 17.5 Å². The highest BCUT2D eigenvalue weighted by Crippen LogP contribution is 2.23. The van der Waals surface area contributed by atoms with E-state index in [-0.39, 0.29) is 0 Å². The first kappa shape index (κ1) is 12.2. The summed E-state index contributed by atoms with van der Waals surface area (Å²) in [6.45, 7) is 3.91. The summed E-state index contributed by atoms with van der Waals surface area (Å²) in [7, 11) is 0. The van der Waals surface area contributed by atoms with Gasteiger partial charge in [0, 0.05) is 44.6 Å². The molecule has 3 N–H and O–H groups in total. The maximum Gasteiger partial charge on any atom is 0.214 e. The van der Waals surface area contributed by atoms with Crippen molar-refractivity contribution in [1.29, 1.82) is 0 Å². The summed E-state index contributed by atoms with van der Waals surface area (Å²) in [6.07, 6.45) is 7.28. The summed E-state index contributed by atoms with van der Waals surface area (Å²) in [5, 5.41) is 13.3. The molecule has 3 aromatic heterocycles. The third-order valence-electron chi connectivity index (χ3n) is 3.61. The first-order chi connectivity index (χ1) is 10.4. The zero-order chi connectivity index (χ0) is 14.1. The highest BCUT2D eigenvalue weighted by molar-refractivity contribution is 5.71. The second kappa shape index (κ2) is 5.06. The van der Waals surface area contributed by atoms with Gasteiger partial charge in [-0.05, 0) is 0 Å². The van der Waals surface area contributed by atoms with Gasteiger partial charge in [0.25, 0.3) is 0 Å². The van der Waals surface area contributed by atoms with Crippen molar-refractivity contribution in [3.05, 3.63) is 30.9 Å². The lowest BCUT2D eigenvalue weighted by atomic mass is 10.3. The Morgan fingerprint density at radius 2 is 2.05 bits per heavy atom. The first-order valence-electron chi connectivity index (χ1n) is 6.96. The van der Waals surface area contributed by atoms with Gasteiger partial charge in [-0.3, -0.25) is 9.50 Å². The van der Waals surface area contributed by atoms with E-state index in [4.69, 9.17) is 0 Å². The number of nitrogens with one attached hydrogen (secondary N) is 3. The van der Waals surface area contributed by atoms with E-state index >= 15 is 0 Å². The van der Waals surface area contributed by atoms with Crippen LogP contribution in [0, 0.1) is 0 Å². The lowest BCUT2D eigenvalue weighted by Crippen LogP contribution is -2.43. The molecular weight excluding hydrogens is 268 g/mol. The summed E-state index contributed by atoms with van der Waals surface area (Å²) < 4.78 is 1.96. The molecule has 0 amide bonds. The van der Waals surface area contributed by atoms with Crippen LogP contribution < -0.4 is 15.5 Å². The van der Waals surface area contributed by atoms with Crippen molar-refractivity contribution in [2.75, 3.05) is 36.4 Å². The van der Waals surface area contributed by atoms with Gasteiger partial charge in [-0.25, -0.2) is 9.97 Å². The fraction of sp³-hybridized carbons (Fsp3) is 0.308. The largest absolute Gasteiger partial charge is 0.365 e. The van der Waals surface area contributed by atoms with E-state index in [0.29, 0.717) is 5.95 Å². The molecule has 4 rings (SSSR count). The van der Waals surface area contributed by atoms with Crippen molar-refractivity contribution >= 4 is 23.1 Å². The standard InChI is InChI=1S/C13H16N8/c1-2-17-19-11(1)18-13-16-9-10(12-15-5-8-21(12)13)20-6-3-14-4-7-20/h1-2,5,8-9,14H,3-4,6-7H2,(H2,16,17,18,19). The first-order valence-corrected chi connectivity index (χ1v) is 6.96. The predicted octanol–water partition coefficient (Wildman–Crippen LogP) is 0.606. The predicted molar refractivity (Wildman–Crippen MR) is 79.9 cm³/mol. The minimum atomic E-state index is 0.714. The molecule has 21 heavy (non-hydrogen) atoms. The Kier molecular flexibility index (Phi) is 2.93. The topological polar surface area (TPSA) is 86.2 Å². The number of piperazine rings is 1. The van der Waals surface area contributed by atoms with Crippen LogP contribution in [0.5, 0.6) is 0 Å². The van der Waals surface area contributed by atoms with Crippen LogP contribution in [-0.4, -0.2) is 50.7 Å². The van der Waals surface area contributed by atoms with Crippen LogP contribution in [0.1, 0.15) is 0 Å². The minimum absolute atomic E-state index is 0.714. The Labute approximate surface area is 121 Å². The van der Waals surface area contributed by atoms with Crippen LogP contribution in [-0.2, 0) is 0 Å². The average Bonchev–Trinajstić information content (AvgIpc) is 3.19. The summed E-state index contributed by atoms with van der Waals surface area (Å²) >= 11 is 0. The third-order valence-corrected chi connectivity index (χ3v) is 3.61. The minimum Gasteiger partial charge on any atom is -0.365 e. The van der Waals surface area contributed by atoms with E-state index in [2.05, 4.69) is 35.7 Å². The van der Waals surface area contributed by atoms with Crippen molar-refractivity contribution in [2.45, 2.75) is 0 Å². The molecule has 0 saturated carbocycles. The van der Waals surface area contributed by atoms with Crippen molar-refractivity contribution < 1.29 is 0 Å². The smallest absolute Gasteiger partial charge is 0.214 e. The summed E-state index contributed by atoms with van der Waals surface area (Å²) in [6, 6.07) is 1.86. The number of fused-ring (bicyclic) bond motifs is 1. The zero-order valence-corrected chi connectivity index (χ0v) is 11.5. The number of nitrogens with zero attached hydrogens (tertiary/aromatic N) is 5. The monoisotopic (exact) mass is 284 g/mol. The van der Waals surface area contributed by atoms with E-state index in [0.717, 1.165) is 43.3 Å². The van der Waals surface area contributed by atoms with Gasteiger partial charge in [-0.15, -0.1) is 0 Å². The Morgan fingerprint density at radius 1 is 1.14 bits per heavy atom. The number of imidazole rings is 1. The van der Waals surface area contributed by atoms with Crippen molar-refractivity contribution in [1.82, 2.24) is 29.9 Å². The van der Waals surface area contributed by atoms with Gasteiger partial charge in [0.2, 0.25) is 5.95 Å². The summed E-state index contributed by atoms with van der Waals surface area (Å²) in [5.74, 6) is 1.51. The van der Waals surface area contributed by atoms with Crippen molar-refractivity contribution in [3.8, 4) is 0 Å². The van der Waals surface area contributed by atoms with E-state index in [9.17, 15) is 0 Å². The van der Waals surface area contributed by atoms with Crippen molar-refractivity contribution in [2.24, 2.45) is 0 Å². The number of hydrogen-bond donors (Lipinski definition) is 3. The highest BCUT2D eigenvalue weighted by atomic mass is 15.3. The molecule has 0 spiro atoms. The second-order valence-corrected chi connectivity index (χ2v) is 4.92. The SMILES string of the molecule is c1cc(Nc2ncc(N3CCNCC3)c3nccn23)[nH]n1. The second-order valence-electron chi connectivity index (χ2n) is 4.92. The Morgan fingerprint density at radius 3 is 2.86 bits per heavy atom. The maximum absolute atomic E-state index is 4.53. The fourth-order valence-corrected chi connectivity index (χ4v) is 2.57. The number of aromatic nitrogens is 5. The molecule has 108 valence electrons. The number of aromatic amines is 1. The van der Waals surface area contributed by atoms with E-state index < -0.39 is 0 Å². The van der Waals surface area contributed by atoms with Gasteiger partial charge in [-0.1, -0.05) is 0 Å². The van der Waals surface area contributed by atoms with E-state index in [1.807, 2.05) is 22.9 Å². The Hall–Kier alpha value is -2.61. The van der Waals surface area contributed by atoms with Gasteiger partial charge in [-0.2, -0.15) is 5.10 Å². The average molecular weight is 284 g/mol. The molecule has 0 radical (unpaired) electrons. The van der Waals surface area contributed by atoms with Crippen LogP contribution in [0.3, 0.4) is 0 Å². The van der Waals surface area contributed by atoms with Gasteiger partial charge >= 0.3 is 0 Å². The molecule has 0 bridgehead atoms. The van der Waals surface area contributed by atoms with Gasteiger partial charge in [0.15, 0.2) is 5.65 Å². The van der Waals surface area contributed by atoms with Gasteiger partial charge in [0.05, 0.1) is 18.1 Å². The number of hydrogen-bond acceptors (Lipinski definition) is 6. The normalized spacial score (nSPS) is 15.5. The lowest BCUT2D eigenvalue weighted by Gasteiger charge is -2.29. The molecule has 1 aliphatic heterocycles. The van der Waals surface area contributed by atoms with E-state index in [1.54, 1.807) is 12.4 Å². The number of rotatable bonds is 3. The molecule has 1 saturated heterocycles. The van der Waals surface area contributed by atoms with Gasteiger partial charge < -0.3 is 15.5 Å². The highest BCUT2D eigenvalue weighted by Gasteiger charge is 2.16. The quantitative estimate of drug-likeness (QED) is 0.653. The van der Waals surface area contributed by atoms with Crippen LogP contribution in [0.25, 0.3) is 5.65 Å². The van der Waals surface area contributed by atoms with Gasteiger partial charge in [0.1, 0.15) is 5.82 Å². The molecule has 0 unspecified atom stereocenters. The number of H-pyrrole nitrogens is 1. The fourth-order valence-electron chi connectivity index (χ4n) is 2.57. The third kappa shape index (κ3) is 2.19. The summed E-state index contributed by atoms with van der Waals surface area (Å²) in [5.41, 5.74) is 1.98. The van der Waals surface area contributed by atoms with E-state index in [1.165, 1.54) is 0 Å². The number of anilines is 3. The molecule has 0 atom stereocenters. The molecular formula is C13H16N8. The molecule has 0 aromatic carbocycles. The molecule has 1 aliphatic rings. The van der Waals surface area contributed by atoms with Crippen LogP contribution in [0.15, 0.2) is 30.9 Å². The van der Waals surface area contributed by atoms with Crippen molar-refractivity contribution in [3.63, 3.8) is 0 Å². The Balaban J connectivity index is 1.73. The molecule has 0 aliphatic carbocycles. The molecule has 4 heterocycles. The maximum atomic E-state index is 4.53. The summed E-state index contributed by atoms with van der Waals surface area (Å²) in [4.78, 5) is 11.3. The molecule has 3 aromatic rings. The molecule has 1 fully saturated rings. The lowest BCUT2D eigenvalue weighted by molar-refractivity contribution is 0.589.